The molecule has 6 heteroatoms. The summed E-state index contributed by atoms with van der Waals surface area (Å²) in [7, 11) is 0. The predicted molar refractivity (Wildman–Crippen MR) is 62.4 cm³/mol. The number of hydrogen-bond donors (Lipinski definition) is 0. The van der Waals surface area contributed by atoms with Gasteiger partial charge in [-0.1, -0.05) is 18.2 Å². The highest BCUT2D eigenvalue weighted by Gasteiger charge is 2.33. The van der Waals surface area contributed by atoms with Gasteiger partial charge in [-0.3, -0.25) is 4.79 Å². The van der Waals surface area contributed by atoms with Gasteiger partial charge in [0.1, 0.15) is 0 Å². The lowest BCUT2D eigenvalue weighted by molar-refractivity contribution is -0.140. The Bertz CT molecular complexity index is 659. The SMILES string of the molecule is O=C1/C=C\C(=O)OC2N=C(O1)c1ccccc1C2=O. The summed E-state index contributed by atoms with van der Waals surface area (Å²) in [6, 6.07) is 6.53. The molecule has 1 atom stereocenters. The van der Waals surface area contributed by atoms with Crippen molar-refractivity contribution in [1.29, 1.82) is 0 Å². The average molecular weight is 257 g/mol. The van der Waals surface area contributed by atoms with Crippen LogP contribution in [-0.4, -0.2) is 29.8 Å². The molecule has 0 amide bonds. The van der Waals surface area contributed by atoms with Gasteiger partial charge in [-0.15, -0.1) is 0 Å². The maximum atomic E-state index is 12.1. The quantitative estimate of drug-likeness (QED) is 0.636. The molecule has 0 N–H and O–H groups in total. The topological polar surface area (TPSA) is 82.0 Å². The number of rotatable bonds is 0. The zero-order chi connectivity index (χ0) is 13.4. The first-order valence-corrected chi connectivity index (χ1v) is 5.47. The standard InChI is InChI=1S/C13H7NO5/c15-9-5-6-10(16)19-13-11(17)7-3-1-2-4-8(7)12(14-13)18-9/h1-6,13H/b6-5-. The summed E-state index contributed by atoms with van der Waals surface area (Å²) in [5.74, 6) is -2.04. The van der Waals surface area contributed by atoms with E-state index in [1.807, 2.05) is 0 Å². The maximum Gasteiger partial charge on any atom is 0.337 e. The second-order valence-corrected chi connectivity index (χ2v) is 3.89. The van der Waals surface area contributed by atoms with Crippen molar-refractivity contribution in [2.45, 2.75) is 6.23 Å². The summed E-state index contributed by atoms with van der Waals surface area (Å²) in [5, 5.41) is 0. The summed E-state index contributed by atoms with van der Waals surface area (Å²) in [4.78, 5) is 38.7. The molecule has 0 aromatic heterocycles. The van der Waals surface area contributed by atoms with Crippen molar-refractivity contribution in [1.82, 2.24) is 0 Å². The van der Waals surface area contributed by atoms with Crippen LogP contribution in [-0.2, 0) is 19.1 Å². The normalized spacial score (nSPS) is 23.1. The molecule has 2 bridgehead atoms. The van der Waals surface area contributed by atoms with Crippen molar-refractivity contribution in [2.75, 3.05) is 0 Å². The van der Waals surface area contributed by atoms with Gasteiger partial charge in [-0.05, 0) is 6.07 Å². The van der Waals surface area contributed by atoms with Gasteiger partial charge in [0.15, 0.2) is 0 Å². The fourth-order valence-electron chi connectivity index (χ4n) is 1.83. The van der Waals surface area contributed by atoms with Gasteiger partial charge in [0.05, 0.1) is 0 Å². The van der Waals surface area contributed by atoms with Crippen molar-refractivity contribution in [3.63, 3.8) is 0 Å². The summed E-state index contributed by atoms with van der Waals surface area (Å²) >= 11 is 0. The third-order valence-electron chi connectivity index (χ3n) is 2.66. The minimum Gasteiger partial charge on any atom is -0.428 e. The molecule has 6 nitrogen and oxygen atoms in total. The Kier molecular flexibility index (Phi) is 2.49. The van der Waals surface area contributed by atoms with Crippen molar-refractivity contribution < 1.29 is 23.9 Å². The molecule has 1 unspecified atom stereocenters. The molecule has 2 aliphatic heterocycles. The van der Waals surface area contributed by atoms with Crippen LogP contribution in [0.2, 0.25) is 0 Å². The molecule has 1 aromatic carbocycles. The number of carbonyl (C=O) groups is 3. The Hall–Kier alpha value is -2.76. The molecule has 0 aliphatic carbocycles. The summed E-state index contributed by atoms with van der Waals surface area (Å²) < 4.78 is 9.87. The zero-order valence-electron chi connectivity index (χ0n) is 9.53. The Morgan fingerprint density at radius 2 is 1.63 bits per heavy atom. The molecule has 3 rings (SSSR count). The molecule has 0 saturated heterocycles. The third-order valence-corrected chi connectivity index (χ3v) is 2.66. The molecule has 1 aromatic rings. The largest absolute Gasteiger partial charge is 0.428 e. The number of carbonyl (C=O) groups excluding carboxylic acids is 3. The minimum absolute atomic E-state index is 0.0236. The smallest absolute Gasteiger partial charge is 0.337 e. The first-order valence-electron chi connectivity index (χ1n) is 5.47. The van der Waals surface area contributed by atoms with Crippen LogP contribution >= 0.6 is 0 Å². The van der Waals surface area contributed by atoms with Gasteiger partial charge in [0.25, 0.3) is 6.23 Å². The first kappa shape index (κ1) is 11.3. The number of fused-ring (bicyclic) bond motifs is 3. The van der Waals surface area contributed by atoms with Crippen molar-refractivity contribution in [3.8, 4) is 0 Å². The monoisotopic (exact) mass is 257 g/mol. The number of aliphatic imine (C=N–C) groups is 1. The lowest BCUT2D eigenvalue weighted by Crippen LogP contribution is -2.32. The van der Waals surface area contributed by atoms with Crippen LogP contribution in [0.5, 0.6) is 0 Å². The third kappa shape index (κ3) is 1.93. The van der Waals surface area contributed by atoms with Gasteiger partial charge >= 0.3 is 11.9 Å². The highest BCUT2D eigenvalue weighted by Crippen LogP contribution is 2.22. The van der Waals surface area contributed by atoms with E-state index in [2.05, 4.69) is 4.99 Å². The Balaban J connectivity index is 2.15. The molecule has 2 aliphatic rings. The van der Waals surface area contributed by atoms with E-state index in [-0.39, 0.29) is 5.90 Å². The molecule has 0 fully saturated rings. The van der Waals surface area contributed by atoms with Crippen LogP contribution < -0.4 is 0 Å². The highest BCUT2D eigenvalue weighted by atomic mass is 16.6. The molecule has 19 heavy (non-hydrogen) atoms. The molecule has 0 saturated carbocycles. The summed E-state index contributed by atoms with van der Waals surface area (Å²) in [5.41, 5.74) is 0.712. The van der Waals surface area contributed by atoms with E-state index in [0.29, 0.717) is 11.1 Å². The summed E-state index contributed by atoms with van der Waals surface area (Å²) in [6.07, 6.45) is 0.517. The maximum absolute atomic E-state index is 12.1. The number of nitrogens with zero attached hydrogens (tertiary/aromatic N) is 1. The Labute approximate surface area is 107 Å². The van der Waals surface area contributed by atoms with E-state index in [1.165, 1.54) is 0 Å². The number of hydrogen-bond acceptors (Lipinski definition) is 6. The van der Waals surface area contributed by atoms with Crippen LogP contribution in [0.1, 0.15) is 15.9 Å². The second-order valence-electron chi connectivity index (χ2n) is 3.89. The highest BCUT2D eigenvalue weighted by molar-refractivity contribution is 6.16. The van der Waals surface area contributed by atoms with Gasteiger partial charge in [-0.2, -0.15) is 4.99 Å². The van der Waals surface area contributed by atoms with E-state index >= 15 is 0 Å². The predicted octanol–water partition coefficient (Wildman–Crippen LogP) is 0.612. The molecular weight excluding hydrogens is 250 g/mol. The lowest BCUT2D eigenvalue weighted by Gasteiger charge is -2.20. The average Bonchev–Trinajstić information content (AvgIpc) is 2.47. The number of esters is 2. The fraction of sp³-hybridized carbons (Fsp3) is 0.0769. The van der Waals surface area contributed by atoms with Gasteiger partial charge < -0.3 is 9.47 Å². The molecular formula is C13H7NO5. The first-order chi connectivity index (χ1) is 9.15. The van der Waals surface area contributed by atoms with E-state index in [1.54, 1.807) is 24.3 Å². The van der Waals surface area contributed by atoms with E-state index in [4.69, 9.17) is 9.47 Å². The molecule has 0 spiro atoms. The van der Waals surface area contributed by atoms with Gasteiger partial charge in [0.2, 0.25) is 11.7 Å². The van der Waals surface area contributed by atoms with E-state index < -0.39 is 23.9 Å². The number of ketones is 1. The minimum atomic E-state index is -1.31. The van der Waals surface area contributed by atoms with Crippen LogP contribution in [0, 0.1) is 0 Å². The van der Waals surface area contributed by atoms with Gasteiger partial charge in [-0.25, -0.2) is 9.59 Å². The van der Waals surface area contributed by atoms with Crippen molar-refractivity contribution >= 4 is 23.6 Å². The Morgan fingerprint density at radius 3 is 2.42 bits per heavy atom. The van der Waals surface area contributed by atoms with E-state index in [9.17, 15) is 14.4 Å². The number of benzene rings is 1. The second kappa shape index (κ2) is 4.16. The van der Waals surface area contributed by atoms with Crippen LogP contribution in [0.15, 0.2) is 41.4 Å². The molecule has 2 heterocycles. The fourth-order valence-corrected chi connectivity index (χ4v) is 1.83. The van der Waals surface area contributed by atoms with Crippen LogP contribution in [0.3, 0.4) is 0 Å². The van der Waals surface area contributed by atoms with Crippen LogP contribution in [0.4, 0.5) is 0 Å². The number of ether oxygens (including phenoxy) is 2. The van der Waals surface area contributed by atoms with E-state index in [0.717, 1.165) is 12.2 Å². The molecule has 94 valence electrons. The van der Waals surface area contributed by atoms with Crippen molar-refractivity contribution in [3.05, 3.63) is 47.5 Å². The van der Waals surface area contributed by atoms with Crippen molar-refractivity contribution in [2.24, 2.45) is 4.99 Å². The molecule has 0 radical (unpaired) electrons. The zero-order valence-corrected chi connectivity index (χ0v) is 9.53. The lowest BCUT2D eigenvalue weighted by atomic mass is 10.00. The summed E-state index contributed by atoms with van der Waals surface area (Å²) in [6.45, 7) is 0. The van der Waals surface area contributed by atoms with Gasteiger partial charge in [0, 0.05) is 23.3 Å². The number of Topliss-reactive ketones (excluding diaryl/α,β-unsaturated/α-hetero) is 1. The van der Waals surface area contributed by atoms with Crippen LogP contribution in [0.25, 0.3) is 0 Å². The Morgan fingerprint density at radius 1 is 0.947 bits per heavy atom.